The molecule has 1 saturated carbocycles. The van der Waals surface area contributed by atoms with Gasteiger partial charge in [-0.05, 0) is 42.9 Å². The molecule has 0 radical (unpaired) electrons. The van der Waals surface area contributed by atoms with Crippen molar-refractivity contribution in [3.05, 3.63) is 42.5 Å². The molecule has 1 aliphatic carbocycles. The minimum absolute atomic E-state index is 0.0547. The zero-order valence-electron chi connectivity index (χ0n) is 18.6. The van der Waals surface area contributed by atoms with E-state index < -0.39 is 0 Å². The Hall–Kier alpha value is -2.54. The summed E-state index contributed by atoms with van der Waals surface area (Å²) in [5, 5.41) is 6.02. The zero-order chi connectivity index (χ0) is 22.1. The Morgan fingerprint density at radius 3 is 2.42 bits per heavy atom. The zero-order valence-corrected chi connectivity index (χ0v) is 18.6. The molecular weight excluding hydrogens is 392 g/mol. The molecule has 7 nitrogen and oxygen atoms in total. The van der Waals surface area contributed by atoms with Crippen molar-refractivity contribution in [1.29, 1.82) is 0 Å². The molecule has 2 aliphatic rings. The Balaban J connectivity index is 1.53. The number of amides is 3. The number of ether oxygens (including phenoxy) is 1. The molecule has 0 spiro atoms. The molecule has 1 aromatic carbocycles. The Bertz CT molecular complexity index is 723. The van der Waals surface area contributed by atoms with E-state index in [0.717, 1.165) is 38.1 Å². The van der Waals surface area contributed by atoms with Crippen LogP contribution in [0.5, 0.6) is 5.75 Å². The molecule has 1 aromatic rings. The average molecular weight is 429 g/mol. The molecule has 0 aromatic heterocycles. The molecule has 0 unspecified atom stereocenters. The van der Waals surface area contributed by atoms with Gasteiger partial charge in [0.05, 0.1) is 13.2 Å². The standard InChI is InChI=1S/C24H36N4O3/c1-3-13-26-24(30)28-17-15-27(16-18-28)22(20-6-4-5-7-20)23(29)25-14-12-19-8-10-21(31-2)11-9-19/h3,8-11,20,22H,1,4-7,12-18H2,2H3,(H,25,29)(H,26,30)/t22-/m1/s1. The molecule has 1 saturated heterocycles. The van der Waals surface area contributed by atoms with Gasteiger partial charge in [0.25, 0.3) is 0 Å². The third-order valence-corrected chi connectivity index (χ3v) is 6.38. The number of rotatable bonds is 9. The predicted molar refractivity (Wildman–Crippen MR) is 122 cm³/mol. The average Bonchev–Trinajstić information content (AvgIpc) is 3.33. The molecule has 1 aliphatic heterocycles. The van der Waals surface area contributed by atoms with Crippen LogP contribution in [-0.2, 0) is 11.2 Å². The molecule has 1 atom stereocenters. The molecule has 31 heavy (non-hydrogen) atoms. The van der Waals surface area contributed by atoms with Crippen molar-refractivity contribution in [2.75, 3.05) is 46.4 Å². The van der Waals surface area contributed by atoms with Crippen molar-refractivity contribution in [1.82, 2.24) is 20.4 Å². The summed E-state index contributed by atoms with van der Waals surface area (Å²) in [6, 6.07) is 7.82. The molecule has 2 fully saturated rings. The summed E-state index contributed by atoms with van der Waals surface area (Å²) in [6.07, 6.45) is 7.09. The Morgan fingerprint density at radius 1 is 1.13 bits per heavy atom. The van der Waals surface area contributed by atoms with Crippen LogP contribution in [0.1, 0.15) is 31.2 Å². The lowest BCUT2D eigenvalue weighted by atomic mass is 9.95. The highest BCUT2D eigenvalue weighted by Crippen LogP contribution is 2.31. The van der Waals surface area contributed by atoms with E-state index >= 15 is 0 Å². The van der Waals surface area contributed by atoms with Gasteiger partial charge in [-0.1, -0.05) is 31.1 Å². The number of hydrogen-bond acceptors (Lipinski definition) is 4. The third kappa shape index (κ3) is 6.47. The number of methoxy groups -OCH3 is 1. The minimum atomic E-state index is -0.100. The third-order valence-electron chi connectivity index (χ3n) is 6.38. The van der Waals surface area contributed by atoms with Crippen LogP contribution in [-0.4, -0.2) is 74.2 Å². The summed E-state index contributed by atoms with van der Waals surface area (Å²) in [5.41, 5.74) is 1.18. The van der Waals surface area contributed by atoms with Crippen LogP contribution in [0.2, 0.25) is 0 Å². The molecule has 3 amide bonds. The van der Waals surface area contributed by atoms with E-state index in [1.54, 1.807) is 13.2 Å². The maximum absolute atomic E-state index is 13.2. The van der Waals surface area contributed by atoms with Crippen molar-refractivity contribution < 1.29 is 14.3 Å². The maximum Gasteiger partial charge on any atom is 0.317 e. The van der Waals surface area contributed by atoms with Crippen LogP contribution in [0.3, 0.4) is 0 Å². The van der Waals surface area contributed by atoms with E-state index in [-0.39, 0.29) is 18.0 Å². The van der Waals surface area contributed by atoms with Gasteiger partial charge in [0.1, 0.15) is 5.75 Å². The normalized spacial score (nSPS) is 18.4. The van der Waals surface area contributed by atoms with E-state index in [0.29, 0.717) is 32.1 Å². The highest BCUT2D eigenvalue weighted by Gasteiger charge is 2.37. The van der Waals surface area contributed by atoms with Crippen molar-refractivity contribution in [3.8, 4) is 5.75 Å². The molecule has 170 valence electrons. The number of carbonyl (C=O) groups excluding carboxylic acids is 2. The van der Waals surface area contributed by atoms with Gasteiger partial charge >= 0.3 is 6.03 Å². The fraction of sp³-hybridized carbons (Fsp3) is 0.583. The number of piperazine rings is 1. The van der Waals surface area contributed by atoms with Crippen LogP contribution in [0.15, 0.2) is 36.9 Å². The van der Waals surface area contributed by atoms with Crippen LogP contribution in [0, 0.1) is 5.92 Å². The highest BCUT2D eigenvalue weighted by atomic mass is 16.5. The summed E-state index contributed by atoms with van der Waals surface area (Å²) >= 11 is 0. The second-order valence-corrected chi connectivity index (χ2v) is 8.38. The monoisotopic (exact) mass is 428 g/mol. The number of benzene rings is 1. The first kappa shape index (κ1) is 23.1. The van der Waals surface area contributed by atoms with Crippen LogP contribution < -0.4 is 15.4 Å². The van der Waals surface area contributed by atoms with Gasteiger partial charge in [0.2, 0.25) is 5.91 Å². The summed E-state index contributed by atoms with van der Waals surface area (Å²) in [5.74, 6) is 1.37. The molecule has 0 bridgehead atoms. The Morgan fingerprint density at radius 2 is 1.81 bits per heavy atom. The highest BCUT2D eigenvalue weighted by molar-refractivity contribution is 5.82. The van der Waals surface area contributed by atoms with Crippen LogP contribution in [0.4, 0.5) is 4.79 Å². The van der Waals surface area contributed by atoms with E-state index in [1.165, 1.54) is 18.4 Å². The largest absolute Gasteiger partial charge is 0.497 e. The van der Waals surface area contributed by atoms with Crippen LogP contribution in [0.25, 0.3) is 0 Å². The van der Waals surface area contributed by atoms with Gasteiger partial charge in [0, 0.05) is 39.3 Å². The fourth-order valence-electron chi connectivity index (χ4n) is 4.65. The van der Waals surface area contributed by atoms with Gasteiger partial charge in [-0.2, -0.15) is 0 Å². The SMILES string of the molecule is C=CCNC(=O)N1CCN([C@@H](C(=O)NCCc2ccc(OC)cc2)C2CCCC2)CC1. The molecule has 1 heterocycles. The second-order valence-electron chi connectivity index (χ2n) is 8.38. The maximum atomic E-state index is 13.2. The lowest BCUT2D eigenvalue weighted by Gasteiger charge is -2.40. The van der Waals surface area contributed by atoms with Crippen molar-refractivity contribution in [3.63, 3.8) is 0 Å². The quantitative estimate of drug-likeness (QED) is 0.593. The lowest BCUT2D eigenvalue weighted by Crippen LogP contribution is -2.59. The first-order valence-corrected chi connectivity index (χ1v) is 11.4. The van der Waals surface area contributed by atoms with Crippen LogP contribution >= 0.6 is 0 Å². The van der Waals surface area contributed by atoms with Gasteiger partial charge in [-0.25, -0.2) is 4.79 Å². The van der Waals surface area contributed by atoms with Crippen molar-refractivity contribution >= 4 is 11.9 Å². The molecule has 3 rings (SSSR count). The van der Waals surface area contributed by atoms with Gasteiger partial charge in [0.15, 0.2) is 0 Å². The molecular formula is C24H36N4O3. The summed E-state index contributed by atoms with van der Waals surface area (Å²) in [6.45, 7) is 7.48. The lowest BCUT2D eigenvalue weighted by molar-refractivity contribution is -0.129. The number of urea groups is 1. The van der Waals surface area contributed by atoms with Gasteiger partial charge < -0.3 is 20.3 Å². The summed E-state index contributed by atoms with van der Waals surface area (Å²) in [7, 11) is 1.66. The molecule has 7 heteroatoms. The smallest absolute Gasteiger partial charge is 0.317 e. The first-order chi connectivity index (χ1) is 15.1. The minimum Gasteiger partial charge on any atom is -0.497 e. The van der Waals surface area contributed by atoms with Crippen molar-refractivity contribution in [2.24, 2.45) is 5.92 Å². The van der Waals surface area contributed by atoms with E-state index in [1.807, 2.05) is 29.2 Å². The van der Waals surface area contributed by atoms with Gasteiger partial charge in [-0.15, -0.1) is 6.58 Å². The number of carbonyl (C=O) groups is 2. The fourth-order valence-corrected chi connectivity index (χ4v) is 4.65. The van der Waals surface area contributed by atoms with E-state index in [9.17, 15) is 9.59 Å². The number of nitrogens with zero attached hydrogens (tertiary/aromatic N) is 2. The number of hydrogen-bond donors (Lipinski definition) is 2. The second kappa shape index (κ2) is 11.7. The molecule has 2 N–H and O–H groups in total. The Kier molecular flexibility index (Phi) is 8.76. The van der Waals surface area contributed by atoms with E-state index in [2.05, 4.69) is 22.1 Å². The summed E-state index contributed by atoms with van der Waals surface area (Å²) < 4.78 is 5.20. The Labute approximate surface area is 185 Å². The number of nitrogens with one attached hydrogen (secondary N) is 2. The van der Waals surface area contributed by atoms with Crippen molar-refractivity contribution in [2.45, 2.75) is 38.1 Å². The van der Waals surface area contributed by atoms with Gasteiger partial charge in [-0.3, -0.25) is 9.69 Å². The topological polar surface area (TPSA) is 73.9 Å². The predicted octanol–water partition coefficient (Wildman–Crippen LogP) is 2.43. The summed E-state index contributed by atoms with van der Waals surface area (Å²) in [4.78, 5) is 29.5. The van der Waals surface area contributed by atoms with E-state index in [4.69, 9.17) is 4.74 Å². The first-order valence-electron chi connectivity index (χ1n) is 11.4.